The van der Waals surface area contributed by atoms with Crippen LogP contribution in [0.1, 0.15) is 0 Å². The van der Waals surface area contributed by atoms with Crippen LogP contribution in [0.25, 0.3) is 11.0 Å². The van der Waals surface area contributed by atoms with E-state index < -0.39 is 27.4 Å². The molecule has 0 saturated carbocycles. The summed E-state index contributed by atoms with van der Waals surface area (Å²) >= 11 is 0. The Bertz CT molecular complexity index is 1100. The van der Waals surface area contributed by atoms with Gasteiger partial charge in [-0.25, -0.2) is 12.8 Å². The Labute approximate surface area is 141 Å². The Kier molecular flexibility index (Phi) is 3.39. The van der Waals surface area contributed by atoms with E-state index in [1.807, 2.05) is 0 Å². The molecule has 0 fully saturated rings. The van der Waals surface area contributed by atoms with Crippen LogP contribution in [-0.2, 0) is 17.1 Å². The minimum Gasteiger partial charge on any atom is -0.486 e. The number of ether oxygens (including phenoxy) is 1. The molecule has 0 bridgehead atoms. The van der Waals surface area contributed by atoms with Gasteiger partial charge >= 0.3 is 0 Å². The average molecular weight is 366 g/mol. The molecule has 3 aromatic rings. The molecule has 25 heavy (non-hydrogen) atoms. The molecule has 2 aromatic carbocycles. The minimum atomic E-state index is -4.07. The highest BCUT2D eigenvalue weighted by Gasteiger charge is 2.34. The maximum absolute atomic E-state index is 14.0. The predicted octanol–water partition coefficient (Wildman–Crippen LogP) is 1.83. The van der Waals surface area contributed by atoms with Crippen LogP contribution in [0.15, 0.2) is 35.2 Å². The fraction of sp³-hybridized carbons (Fsp3) is 0.200. The second kappa shape index (κ2) is 5.38. The highest BCUT2D eigenvalue weighted by Crippen LogP contribution is 2.38. The average Bonchev–Trinajstić information content (AvgIpc) is 2.97. The fourth-order valence-corrected chi connectivity index (χ4v) is 4.39. The van der Waals surface area contributed by atoms with Crippen LogP contribution in [0.5, 0.6) is 5.75 Å². The van der Waals surface area contributed by atoms with Gasteiger partial charge in [0, 0.05) is 7.05 Å². The standard InChI is InChI=1S/C15H12F2N4O3S/c1-20-18-10-3-2-4-12(14(10)19-20)25(22,23)21-7-8-24-15-11(21)6-5-9(16)13(15)17/h2-6H,7-8H2,1H3. The van der Waals surface area contributed by atoms with Gasteiger partial charge in [-0.15, -0.1) is 0 Å². The number of anilines is 1. The Morgan fingerprint density at radius 1 is 1.16 bits per heavy atom. The molecule has 0 saturated heterocycles. The molecular weight excluding hydrogens is 354 g/mol. The van der Waals surface area contributed by atoms with Crippen LogP contribution >= 0.6 is 0 Å². The summed E-state index contributed by atoms with van der Waals surface area (Å²) in [6.07, 6.45) is 0. The lowest BCUT2D eigenvalue weighted by Crippen LogP contribution is -2.38. The summed E-state index contributed by atoms with van der Waals surface area (Å²) in [5.74, 6) is -2.73. The van der Waals surface area contributed by atoms with Crippen LogP contribution < -0.4 is 9.04 Å². The number of sulfonamides is 1. The SMILES string of the molecule is Cn1nc2cccc(S(=O)(=O)N3CCOc4c3ccc(F)c4F)c2n1. The van der Waals surface area contributed by atoms with E-state index in [0.717, 1.165) is 10.4 Å². The number of fused-ring (bicyclic) bond motifs is 2. The summed E-state index contributed by atoms with van der Waals surface area (Å²) in [5.41, 5.74) is 0.578. The third kappa shape index (κ3) is 2.32. The number of aryl methyl sites for hydroxylation is 1. The van der Waals surface area contributed by atoms with Crippen LogP contribution in [0, 0.1) is 11.6 Å². The largest absolute Gasteiger partial charge is 0.486 e. The van der Waals surface area contributed by atoms with Crippen molar-refractivity contribution in [1.29, 1.82) is 0 Å². The quantitative estimate of drug-likeness (QED) is 0.692. The number of hydrogen-bond donors (Lipinski definition) is 0. The fourth-order valence-electron chi connectivity index (χ4n) is 2.80. The Hall–Kier alpha value is -2.75. The summed E-state index contributed by atoms with van der Waals surface area (Å²) in [6, 6.07) is 6.65. The number of nitrogens with zero attached hydrogens (tertiary/aromatic N) is 4. The number of rotatable bonds is 2. The summed E-state index contributed by atoms with van der Waals surface area (Å²) in [5, 5.41) is 8.19. The first-order valence-electron chi connectivity index (χ1n) is 7.33. The number of benzene rings is 2. The molecule has 0 aliphatic carbocycles. The third-order valence-electron chi connectivity index (χ3n) is 3.88. The van der Waals surface area contributed by atoms with Gasteiger partial charge < -0.3 is 4.74 Å². The molecule has 10 heteroatoms. The van der Waals surface area contributed by atoms with Gasteiger partial charge in [-0.3, -0.25) is 4.31 Å². The van der Waals surface area contributed by atoms with Crippen molar-refractivity contribution in [2.75, 3.05) is 17.5 Å². The number of aromatic nitrogens is 3. The van der Waals surface area contributed by atoms with Crippen LogP contribution in [-0.4, -0.2) is 36.6 Å². The number of hydrogen-bond acceptors (Lipinski definition) is 5. The van der Waals surface area contributed by atoms with Gasteiger partial charge in [-0.1, -0.05) is 6.07 Å². The molecule has 0 radical (unpaired) electrons. The molecule has 1 aliphatic heterocycles. The second-order valence-corrected chi connectivity index (χ2v) is 7.28. The lowest BCUT2D eigenvalue weighted by Gasteiger charge is -2.30. The van der Waals surface area contributed by atoms with E-state index in [9.17, 15) is 17.2 Å². The lowest BCUT2D eigenvalue weighted by atomic mass is 10.2. The van der Waals surface area contributed by atoms with E-state index in [0.29, 0.717) is 5.52 Å². The van der Waals surface area contributed by atoms with Gasteiger partial charge in [-0.2, -0.15) is 19.4 Å². The first-order chi connectivity index (χ1) is 11.9. The highest BCUT2D eigenvalue weighted by molar-refractivity contribution is 7.93. The first kappa shape index (κ1) is 15.8. The van der Waals surface area contributed by atoms with Crippen molar-refractivity contribution >= 4 is 26.7 Å². The van der Waals surface area contributed by atoms with Gasteiger partial charge in [0.2, 0.25) is 5.82 Å². The molecule has 2 heterocycles. The van der Waals surface area contributed by atoms with E-state index in [4.69, 9.17) is 4.74 Å². The zero-order chi connectivity index (χ0) is 17.8. The molecule has 7 nitrogen and oxygen atoms in total. The van der Waals surface area contributed by atoms with Crippen LogP contribution in [0.4, 0.5) is 14.5 Å². The van der Waals surface area contributed by atoms with E-state index in [-0.39, 0.29) is 29.3 Å². The minimum absolute atomic E-state index is 0.0307. The van der Waals surface area contributed by atoms with Crippen molar-refractivity contribution in [2.45, 2.75) is 4.90 Å². The van der Waals surface area contributed by atoms with Crippen LogP contribution in [0.2, 0.25) is 0 Å². The normalized spacial score (nSPS) is 14.4. The van der Waals surface area contributed by atoms with E-state index >= 15 is 0 Å². The maximum Gasteiger partial charge on any atom is 0.266 e. The van der Waals surface area contributed by atoms with Crippen molar-refractivity contribution < 1.29 is 21.9 Å². The second-order valence-electron chi connectivity index (χ2n) is 5.45. The summed E-state index contributed by atoms with van der Waals surface area (Å²) in [4.78, 5) is 1.21. The molecule has 1 aromatic heterocycles. The molecule has 130 valence electrons. The summed E-state index contributed by atoms with van der Waals surface area (Å²) < 4.78 is 59.8. The van der Waals surface area contributed by atoms with E-state index in [1.165, 1.54) is 16.9 Å². The maximum atomic E-state index is 14.0. The zero-order valence-corrected chi connectivity index (χ0v) is 13.8. The molecule has 1 aliphatic rings. The van der Waals surface area contributed by atoms with Crippen molar-refractivity contribution in [3.8, 4) is 5.75 Å². The van der Waals surface area contributed by atoms with Gasteiger partial charge in [-0.05, 0) is 24.3 Å². The highest BCUT2D eigenvalue weighted by atomic mass is 32.2. The zero-order valence-electron chi connectivity index (χ0n) is 13.0. The molecule has 0 spiro atoms. The van der Waals surface area contributed by atoms with Gasteiger partial charge in [0.15, 0.2) is 11.6 Å². The van der Waals surface area contributed by atoms with Crippen molar-refractivity contribution in [3.05, 3.63) is 42.0 Å². The molecule has 0 atom stereocenters. The molecule has 0 unspecified atom stereocenters. The van der Waals surface area contributed by atoms with Crippen molar-refractivity contribution in [1.82, 2.24) is 15.0 Å². The Balaban J connectivity index is 1.92. The van der Waals surface area contributed by atoms with Crippen LogP contribution in [0.3, 0.4) is 0 Å². The Morgan fingerprint density at radius 3 is 2.76 bits per heavy atom. The van der Waals surface area contributed by atoms with Gasteiger partial charge in [0.25, 0.3) is 10.0 Å². The molecular formula is C15H12F2N4O3S. The summed E-state index contributed by atoms with van der Waals surface area (Å²) in [6.45, 7) is -0.125. The van der Waals surface area contributed by atoms with Crippen molar-refractivity contribution in [3.63, 3.8) is 0 Å². The summed E-state index contributed by atoms with van der Waals surface area (Å²) in [7, 11) is -2.49. The smallest absolute Gasteiger partial charge is 0.266 e. The number of halogens is 2. The molecule has 4 rings (SSSR count). The Morgan fingerprint density at radius 2 is 1.96 bits per heavy atom. The monoisotopic (exact) mass is 366 g/mol. The van der Waals surface area contributed by atoms with E-state index in [2.05, 4.69) is 10.2 Å². The van der Waals surface area contributed by atoms with E-state index in [1.54, 1.807) is 19.2 Å². The lowest BCUT2D eigenvalue weighted by molar-refractivity contribution is 0.293. The molecule has 0 N–H and O–H groups in total. The molecule has 0 amide bonds. The first-order valence-corrected chi connectivity index (χ1v) is 8.77. The van der Waals surface area contributed by atoms with Gasteiger partial charge in [0.1, 0.15) is 22.5 Å². The van der Waals surface area contributed by atoms with Gasteiger partial charge in [0.05, 0.1) is 12.2 Å². The third-order valence-corrected chi connectivity index (χ3v) is 5.73. The van der Waals surface area contributed by atoms with Crippen molar-refractivity contribution in [2.24, 2.45) is 7.05 Å². The topological polar surface area (TPSA) is 77.3 Å². The predicted molar refractivity (Wildman–Crippen MR) is 84.9 cm³/mol.